The van der Waals surface area contributed by atoms with Crippen LogP contribution in [-0.4, -0.2) is 78.9 Å². The molecule has 2 N–H and O–H groups in total. The molecule has 3 rings (SSSR count). The number of hydrogen-bond donors (Lipinski definition) is 2. The maximum atomic E-state index is 12.7. The lowest BCUT2D eigenvalue weighted by Crippen LogP contribution is -2.42. The van der Waals surface area contributed by atoms with Crippen LogP contribution in [0.3, 0.4) is 0 Å². The molecule has 2 aromatic rings. The van der Waals surface area contributed by atoms with Crippen molar-refractivity contribution >= 4 is 29.7 Å². The average Bonchev–Trinajstić information content (AvgIpc) is 3.17. The molecule has 0 bridgehead atoms. The number of carbonyl (C=O) groups excluding carboxylic acids is 2. The molecule has 1 aliphatic carbocycles. The number of carboxylic acids is 1. The number of benzene rings is 2. The summed E-state index contributed by atoms with van der Waals surface area (Å²) in [7, 11) is 0. The second-order valence-corrected chi connectivity index (χ2v) is 9.18. The molecule has 1 atom stereocenters. The van der Waals surface area contributed by atoms with Gasteiger partial charge in [0.05, 0.1) is 12.5 Å². The molecule has 0 heterocycles. The average molecular weight is 501 g/mol. The summed E-state index contributed by atoms with van der Waals surface area (Å²) in [5.41, 5.74) is 4.56. The molecule has 0 saturated heterocycles. The van der Waals surface area contributed by atoms with Crippen LogP contribution in [0, 0.1) is 0 Å². The zero-order valence-electron chi connectivity index (χ0n) is 20.1. The Morgan fingerprint density at radius 1 is 1.09 bits per heavy atom. The van der Waals surface area contributed by atoms with Crippen LogP contribution in [0.25, 0.3) is 11.1 Å². The number of ether oxygens (including phenoxy) is 2. The monoisotopic (exact) mass is 500 g/mol. The number of nitrogens with zero attached hydrogens (tertiary/aromatic N) is 1. The quantitative estimate of drug-likeness (QED) is 0.433. The highest BCUT2D eigenvalue weighted by atomic mass is 32.2. The summed E-state index contributed by atoms with van der Waals surface area (Å²) >= 11 is 1.53. The van der Waals surface area contributed by atoms with Gasteiger partial charge >= 0.3 is 12.1 Å². The number of fused-ring (bicyclic) bond motifs is 3. The van der Waals surface area contributed by atoms with Gasteiger partial charge in [0.15, 0.2) is 0 Å². The van der Waals surface area contributed by atoms with E-state index in [1.54, 1.807) is 6.92 Å². The zero-order chi connectivity index (χ0) is 25.2. The fourth-order valence-electron chi connectivity index (χ4n) is 4.25. The van der Waals surface area contributed by atoms with Gasteiger partial charge < -0.3 is 24.8 Å². The lowest BCUT2D eigenvalue weighted by Gasteiger charge is -2.24. The normalized spacial score (nSPS) is 13.0. The van der Waals surface area contributed by atoms with E-state index in [1.165, 1.54) is 16.7 Å². The van der Waals surface area contributed by atoms with E-state index in [1.807, 2.05) is 30.5 Å². The van der Waals surface area contributed by atoms with Crippen LogP contribution in [0.2, 0.25) is 0 Å². The molecule has 35 heavy (non-hydrogen) atoms. The highest BCUT2D eigenvalue weighted by Gasteiger charge is 2.29. The number of carbonyl (C=O) groups is 3. The largest absolute Gasteiger partial charge is 0.480 e. The maximum Gasteiger partial charge on any atom is 0.407 e. The summed E-state index contributed by atoms with van der Waals surface area (Å²) in [5.74, 6) is -0.798. The summed E-state index contributed by atoms with van der Waals surface area (Å²) in [6.45, 7) is 2.41. The first kappa shape index (κ1) is 26.6. The summed E-state index contributed by atoms with van der Waals surface area (Å²) in [4.78, 5) is 37.6. The van der Waals surface area contributed by atoms with E-state index in [0.29, 0.717) is 18.9 Å². The van der Waals surface area contributed by atoms with Crippen molar-refractivity contribution < 1.29 is 29.0 Å². The van der Waals surface area contributed by atoms with Crippen molar-refractivity contribution in [2.24, 2.45) is 0 Å². The third-order valence-electron chi connectivity index (χ3n) is 5.87. The Morgan fingerprint density at radius 3 is 2.29 bits per heavy atom. The summed E-state index contributed by atoms with van der Waals surface area (Å²) in [5, 5.41) is 11.8. The number of rotatable bonds is 13. The van der Waals surface area contributed by atoms with Crippen LogP contribution in [0.4, 0.5) is 4.79 Å². The first-order valence-electron chi connectivity index (χ1n) is 11.6. The van der Waals surface area contributed by atoms with Gasteiger partial charge in [0, 0.05) is 31.4 Å². The maximum absolute atomic E-state index is 12.7. The summed E-state index contributed by atoms with van der Waals surface area (Å²) in [6.07, 6.45) is 0.691. The molecule has 0 saturated carbocycles. The smallest absolute Gasteiger partial charge is 0.407 e. The number of carboxylic acid groups (broad SMARTS) is 1. The molecule has 1 aliphatic rings. The number of alkyl carbamates (subject to hydrolysis) is 1. The van der Waals surface area contributed by atoms with Gasteiger partial charge in [-0.05, 0) is 35.4 Å². The molecule has 9 heteroatoms. The van der Waals surface area contributed by atoms with Crippen molar-refractivity contribution in [3.63, 3.8) is 0 Å². The number of nitrogens with one attached hydrogen (secondary N) is 1. The van der Waals surface area contributed by atoms with E-state index in [9.17, 15) is 14.4 Å². The topological polar surface area (TPSA) is 105 Å². The first-order chi connectivity index (χ1) is 16.9. The van der Waals surface area contributed by atoms with Crippen LogP contribution in [-0.2, 0) is 19.1 Å². The third-order valence-corrected chi connectivity index (χ3v) is 6.46. The molecule has 2 amide bonds. The molecule has 0 aliphatic heterocycles. The van der Waals surface area contributed by atoms with E-state index in [4.69, 9.17) is 14.6 Å². The predicted octanol–water partition coefficient (Wildman–Crippen LogP) is 3.60. The van der Waals surface area contributed by atoms with E-state index in [2.05, 4.69) is 29.6 Å². The van der Waals surface area contributed by atoms with Crippen molar-refractivity contribution in [1.29, 1.82) is 0 Å². The molecule has 2 aromatic carbocycles. The summed E-state index contributed by atoms with van der Waals surface area (Å²) < 4.78 is 11.2. The van der Waals surface area contributed by atoms with Crippen LogP contribution in [0.5, 0.6) is 0 Å². The molecule has 1 unspecified atom stereocenters. The second kappa shape index (κ2) is 13.2. The molecule has 0 fully saturated rings. The van der Waals surface area contributed by atoms with Crippen molar-refractivity contribution in [1.82, 2.24) is 10.2 Å². The predicted molar refractivity (Wildman–Crippen MR) is 136 cm³/mol. The van der Waals surface area contributed by atoms with Gasteiger partial charge in [0.1, 0.15) is 13.2 Å². The fraction of sp³-hybridized carbons (Fsp3) is 0.423. The Morgan fingerprint density at radius 2 is 1.71 bits per heavy atom. The molecular weight excluding hydrogens is 468 g/mol. The minimum absolute atomic E-state index is 0.0286. The Kier molecular flexibility index (Phi) is 9.98. The van der Waals surface area contributed by atoms with Crippen LogP contribution < -0.4 is 5.32 Å². The van der Waals surface area contributed by atoms with Crippen LogP contribution >= 0.6 is 11.8 Å². The minimum atomic E-state index is -1.07. The first-order valence-corrected chi connectivity index (χ1v) is 13.0. The van der Waals surface area contributed by atoms with Crippen molar-refractivity contribution in [2.75, 3.05) is 44.9 Å². The number of hydrogen-bond acceptors (Lipinski definition) is 6. The number of thioether (sulfide) groups is 1. The molecule has 0 spiro atoms. The Bertz CT molecular complexity index is 985. The lowest BCUT2D eigenvalue weighted by atomic mass is 9.98. The Labute approximate surface area is 210 Å². The standard InChI is InChI=1S/C26H32N2O6S/c1-3-33-18(14-24(29)28(12-13-35-2)16-25(30)31)15-27-26(32)34-17-23-21-10-6-4-8-19(21)20-9-5-7-11-22(20)23/h4-11,18,23H,3,12-17H2,1-2H3,(H,27,32)(H,30,31). The van der Waals surface area contributed by atoms with Crippen molar-refractivity contribution in [2.45, 2.75) is 25.4 Å². The SMILES string of the molecule is CCOC(CNC(=O)OCC1c2ccccc2-c2ccccc21)CC(=O)N(CCSC)CC(=O)O. The van der Waals surface area contributed by atoms with Gasteiger partial charge in [-0.15, -0.1) is 0 Å². The third kappa shape index (κ3) is 7.22. The Balaban J connectivity index is 1.54. The molecule has 0 aromatic heterocycles. The van der Waals surface area contributed by atoms with Crippen molar-refractivity contribution in [3.05, 3.63) is 59.7 Å². The van der Waals surface area contributed by atoms with E-state index < -0.39 is 18.2 Å². The highest BCUT2D eigenvalue weighted by molar-refractivity contribution is 7.98. The lowest BCUT2D eigenvalue weighted by molar-refractivity contribution is -0.145. The van der Waals surface area contributed by atoms with Gasteiger partial charge in [-0.2, -0.15) is 11.8 Å². The molecular formula is C26H32N2O6S. The number of aliphatic carboxylic acids is 1. The van der Waals surface area contributed by atoms with E-state index in [-0.39, 0.29) is 37.9 Å². The van der Waals surface area contributed by atoms with Crippen LogP contribution in [0.15, 0.2) is 48.5 Å². The second-order valence-electron chi connectivity index (χ2n) is 8.19. The number of amides is 2. The highest BCUT2D eigenvalue weighted by Crippen LogP contribution is 2.44. The molecule has 0 radical (unpaired) electrons. The van der Waals surface area contributed by atoms with Gasteiger partial charge in [-0.25, -0.2) is 4.79 Å². The van der Waals surface area contributed by atoms with E-state index in [0.717, 1.165) is 22.3 Å². The summed E-state index contributed by atoms with van der Waals surface area (Å²) in [6, 6.07) is 16.2. The van der Waals surface area contributed by atoms with Crippen molar-refractivity contribution in [3.8, 4) is 11.1 Å². The van der Waals surface area contributed by atoms with Gasteiger partial charge in [0.25, 0.3) is 0 Å². The van der Waals surface area contributed by atoms with Crippen LogP contribution in [0.1, 0.15) is 30.4 Å². The molecule has 8 nitrogen and oxygen atoms in total. The van der Waals surface area contributed by atoms with Gasteiger partial charge in [-0.3, -0.25) is 9.59 Å². The van der Waals surface area contributed by atoms with E-state index >= 15 is 0 Å². The van der Waals surface area contributed by atoms with Gasteiger partial charge in [-0.1, -0.05) is 48.5 Å². The Hall–Kier alpha value is -3.04. The fourth-order valence-corrected chi connectivity index (χ4v) is 4.66. The zero-order valence-corrected chi connectivity index (χ0v) is 20.9. The van der Waals surface area contributed by atoms with Gasteiger partial charge in [0.2, 0.25) is 5.91 Å². The molecule has 188 valence electrons. The minimum Gasteiger partial charge on any atom is -0.480 e.